The minimum absolute atomic E-state index is 0.147. The number of piperazine rings is 1. The molecular formula is C25H26FN5O3. The van der Waals surface area contributed by atoms with Gasteiger partial charge in [0, 0.05) is 56.4 Å². The highest BCUT2D eigenvalue weighted by Gasteiger charge is 2.28. The topological polar surface area (TPSA) is 85.1 Å². The van der Waals surface area contributed by atoms with E-state index in [1.165, 1.54) is 12.1 Å². The molecule has 2 amide bonds. The van der Waals surface area contributed by atoms with Crippen molar-refractivity contribution in [3.05, 3.63) is 60.2 Å². The Hall–Kier alpha value is -3.85. The van der Waals surface area contributed by atoms with Crippen molar-refractivity contribution in [1.82, 2.24) is 19.4 Å². The molecule has 2 aromatic heterocycles. The molecular weight excluding hydrogens is 437 g/mol. The van der Waals surface area contributed by atoms with Gasteiger partial charge in [0.1, 0.15) is 11.3 Å². The van der Waals surface area contributed by atoms with Crippen molar-refractivity contribution in [2.24, 2.45) is 0 Å². The average molecular weight is 464 g/mol. The van der Waals surface area contributed by atoms with Crippen molar-refractivity contribution < 1.29 is 19.4 Å². The number of hydrogen-bond donors (Lipinski definition) is 2. The monoisotopic (exact) mass is 463 g/mol. The van der Waals surface area contributed by atoms with Crippen LogP contribution < -0.4 is 4.90 Å². The molecule has 34 heavy (non-hydrogen) atoms. The summed E-state index contributed by atoms with van der Waals surface area (Å²) in [5.74, 6) is -0.636. The summed E-state index contributed by atoms with van der Waals surface area (Å²) in [7, 11) is 3.73. The van der Waals surface area contributed by atoms with Gasteiger partial charge in [0.2, 0.25) is 5.88 Å². The van der Waals surface area contributed by atoms with Gasteiger partial charge in [0.05, 0.1) is 17.6 Å². The van der Waals surface area contributed by atoms with Crippen LogP contribution in [0, 0.1) is 5.82 Å². The zero-order valence-electron chi connectivity index (χ0n) is 19.1. The summed E-state index contributed by atoms with van der Waals surface area (Å²) in [4.78, 5) is 23.3. The lowest BCUT2D eigenvalue weighted by atomic mass is 10.1. The van der Waals surface area contributed by atoms with Gasteiger partial charge in [-0.05, 0) is 36.9 Å². The zero-order valence-corrected chi connectivity index (χ0v) is 19.1. The second-order valence-corrected chi connectivity index (χ2v) is 8.72. The Morgan fingerprint density at radius 3 is 2.50 bits per heavy atom. The van der Waals surface area contributed by atoms with Crippen molar-refractivity contribution in [3.8, 4) is 11.6 Å². The molecule has 0 unspecified atom stereocenters. The predicted octanol–water partition coefficient (Wildman–Crippen LogP) is 3.59. The molecule has 1 aliphatic rings. The van der Waals surface area contributed by atoms with Gasteiger partial charge in [-0.25, -0.2) is 9.18 Å². The first kappa shape index (κ1) is 22.0. The molecule has 5 rings (SSSR count). The number of nitrogens with zero attached hydrogens (tertiary/aromatic N) is 5. The molecule has 8 nitrogen and oxygen atoms in total. The molecule has 1 saturated heterocycles. The molecule has 1 fully saturated rings. The van der Waals surface area contributed by atoms with Crippen molar-refractivity contribution in [2.75, 3.05) is 45.2 Å². The number of hydrogen-bond acceptors (Lipinski definition) is 5. The van der Waals surface area contributed by atoms with Crippen LogP contribution in [-0.4, -0.2) is 75.9 Å². The lowest BCUT2D eigenvalue weighted by molar-refractivity contribution is 0.160. The Morgan fingerprint density at radius 2 is 1.79 bits per heavy atom. The zero-order chi connectivity index (χ0) is 24.0. The standard InChI is InChI=1S/C25H26FN5O3/c1-28-10-12-30(13-11-28)25(34)29(2)22-18-4-3-9-27-21(18)23(32)20-19(22)15-31(24(20)33)14-16-5-7-17(26)8-6-16/h3-9,15,32-33H,10-14H2,1-2H3. The SMILES string of the molecule is CN1CCN(C(=O)N(C)c2c3cccnc3c(O)c3c(O)n(Cc4ccc(F)cc4)cc23)CC1. The first-order chi connectivity index (χ1) is 16.3. The number of carbonyl (C=O) groups is 1. The van der Waals surface area contributed by atoms with Crippen molar-refractivity contribution in [1.29, 1.82) is 0 Å². The average Bonchev–Trinajstić information content (AvgIpc) is 3.16. The number of anilines is 1. The summed E-state index contributed by atoms with van der Waals surface area (Å²) in [5, 5.41) is 23.4. The lowest BCUT2D eigenvalue weighted by Gasteiger charge is -2.35. The van der Waals surface area contributed by atoms with E-state index in [4.69, 9.17) is 0 Å². The van der Waals surface area contributed by atoms with E-state index in [9.17, 15) is 19.4 Å². The van der Waals surface area contributed by atoms with Gasteiger partial charge in [-0.3, -0.25) is 9.88 Å². The number of halogens is 1. The number of aromatic nitrogens is 2. The second-order valence-electron chi connectivity index (χ2n) is 8.72. The molecule has 0 saturated carbocycles. The molecule has 0 spiro atoms. The number of fused-ring (bicyclic) bond motifs is 2. The third-order valence-electron chi connectivity index (χ3n) is 6.49. The Morgan fingerprint density at radius 1 is 1.09 bits per heavy atom. The fraction of sp³-hybridized carbons (Fsp3) is 0.280. The number of carbonyl (C=O) groups excluding carboxylic acids is 1. The molecule has 2 aromatic carbocycles. The third-order valence-corrected chi connectivity index (χ3v) is 6.49. The summed E-state index contributed by atoms with van der Waals surface area (Å²) >= 11 is 0. The molecule has 2 N–H and O–H groups in total. The summed E-state index contributed by atoms with van der Waals surface area (Å²) in [5.41, 5.74) is 1.65. The summed E-state index contributed by atoms with van der Waals surface area (Å²) < 4.78 is 14.9. The maximum absolute atomic E-state index is 13.4. The van der Waals surface area contributed by atoms with Crippen LogP contribution in [0.3, 0.4) is 0 Å². The van der Waals surface area contributed by atoms with Crippen LogP contribution in [0.1, 0.15) is 5.56 Å². The largest absolute Gasteiger partial charge is 0.505 e. The molecule has 0 aliphatic carbocycles. The lowest BCUT2D eigenvalue weighted by Crippen LogP contribution is -2.51. The van der Waals surface area contributed by atoms with E-state index in [2.05, 4.69) is 9.88 Å². The van der Waals surface area contributed by atoms with Gasteiger partial charge in [0.15, 0.2) is 5.75 Å². The first-order valence-electron chi connectivity index (χ1n) is 11.1. The van der Waals surface area contributed by atoms with Crippen LogP contribution in [0.2, 0.25) is 0 Å². The van der Waals surface area contributed by atoms with E-state index in [0.29, 0.717) is 35.1 Å². The smallest absolute Gasteiger partial charge is 0.324 e. The Labute approximate surface area is 196 Å². The highest BCUT2D eigenvalue weighted by Crippen LogP contribution is 2.46. The molecule has 0 atom stereocenters. The maximum atomic E-state index is 13.4. The number of urea groups is 1. The highest BCUT2D eigenvalue weighted by atomic mass is 19.1. The van der Waals surface area contributed by atoms with Gasteiger partial charge in [0.25, 0.3) is 0 Å². The van der Waals surface area contributed by atoms with Gasteiger partial charge >= 0.3 is 6.03 Å². The summed E-state index contributed by atoms with van der Waals surface area (Å²) in [6.45, 7) is 3.09. The predicted molar refractivity (Wildman–Crippen MR) is 129 cm³/mol. The molecule has 1 aliphatic heterocycles. The number of amides is 2. The number of benzene rings is 2. The van der Waals surface area contributed by atoms with Crippen molar-refractivity contribution in [2.45, 2.75) is 6.54 Å². The summed E-state index contributed by atoms with van der Waals surface area (Å²) in [6, 6.07) is 9.40. The summed E-state index contributed by atoms with van der Waals surface area (Å²) in [6.07, 6.45) is 3.27. The number of phenols is 1. The van der Waals surface area contributed by atoms with Gasteiger partial charge in [-0.15, -0.1) is 0 Å². The molecule has 9 heteroatoms. The first-order valence-corrected chi connectivity index (χ1v) is 11.1. The van der Waals surface area contributed by atoms with Crippen LogP contribution in [0.15, 0.2) is 48.8 Å². The minimum atomic E-state index is -0.341. The third kappa shape index (κ3) is 3.67. The molecule has 3 heterocycles. The number of pyridine rings is 1. The van der Waals surface area contributed by atoms with E-state index in [-0.39, 0.29) is 35.4 Å². The number of phenolic OH excluding ortho intramolecular Hbond substituents is 1. The Bertz CT molecular complexity index is 1380. The normalized spacial score (nSPS) is 14.7. The number of rotatable bonds is 3. The quantitative estimate of drug-likeness (QED) is 0.485. The van der Waals surface area contributed by atoms with Gasteiger partial charge in [-0.1, -0.05) is 12.1 Å². The van der Waals surface area contributed by atoms with Crippen molar-refractivity contribution in [3.63, 3.8) is 0 Å². The molecule has 0 radical (unpaired) electrons. The van der Waals surface area contributed by atoms with Crippen LogP contribution in [0.4, 0.5) is 14.9 Å². The van der Waals surface area contributed by atoms with E-state index in [1.54, 1.807) is 58.1 Å². The number of aromatic hydroxyl groups is 2. The highest BCUT2D eigenvalue weighted by molar-refractivity contribution is 6.19. The fourth-order valence-corrected chi connectivity index (χ4v) is 4.58. The van der Waals surface area contributed by atoms with Crippen LogP contribution >= 0.6 is 0 Å². The minimum Gasteiger partial charge on any atom is -0.505 e. The van der Waals surface area contributed by atoms with Gasteiger partial charge < -0.3 is 24.6 Å². The van der Waals surface area contributed by atoms with E-state index in [1.807, 2.05) is 7.05 Å². The van der Waals surface area contributed by atoms with E-state index < -0.39 is 0 Å². The fourth-order valence-electron chi connectivity index (χ4n) is 4.58. The maximum Gasteiger partial charge on any atom is 0.324 e. The van der Waals surface area contributed by atoms with E-state index >= 15 is 0 Å². The van der Waals surface area contributed by atoms with E-state index in [0.717, 1.165) is 18.7 Å². The Kier molecular flexibility index (Phi) is 5.49. The molecule has 0 bridgehead atoms. The molecule has 176 valence electrons. The van der Waals surface area contributed by atoms with Crippen molar-refractivity contribution >= 4 is 33.4 Å². The Balaban J connectivity index is 1.65. The van der Waals surface area contributed by atoms with Crippen LogP contribution in [0.5, 0.6) is 11.6 Å². The number of likely N-dealkylation sites (N-methyl/N-ethyl adjacent to an activating group) is 1. The van der Waals surface area contributed by atoms with Gasteiger partial charge in [-0.2, -0.15) is 0 Å². The second kappa shape index (κ2) is 8.49. The van der Waals surface area contributed by atoms with Crippen LogP contribution in [0.25, 0.3) is 21.7 Å². The molecule has 4 aromatic rings. The van der Waals surface area contributed by atoms with Crippen LogP contribution in [-0.2, 0) is 6.54 Å².